The third-order valence-electron chi connectivity index (χ3n) is 2.51. The lowest BCUT2D eigenvalue weighted by molar-refractivity contribution is -0.190. The Balaban J connectivity index is 5.33. The van der Waals surface area contributed by atoms with E-state index in [1.54, 1.807) is 6.92 Å². The van der Waals surface area contributed by atoms with Crippen molar-refractivity contribution in [3.63, 3.8) is 0 Å². The fourth-order valence-electron chi connectivity index (χ4n) is 1.68. The molecular formula is C11H18O6. The minimum absolute atomic E-state index is 0.283. The molecule has 0 bridgehead atoms. The normalized spacial score (nSPS) is 15.4. The highest BCUT2D eigenvalue weighted by Gasteiger charge is 2.49. The van der Waals surface area contributed by atoms with Crippen LogP contribution in [0.2, 0.25) is 0 Å². The van der Waals surface area contributed by atoms with Gasteiger partial charge in [0, 0.05) is 6.92 Å². The van der Waals surface area contributed by atoms with E-state index in [2.05, 4.69) is 9.47 Å². The smallest absolute Gasteiger partial charge is 0.350 e. The lowest BCUT2D eigenvalue weighted by Crippen LogP contribution is -2.50. The van der Waals surface area contributed by atoms with E-state index in [0.29, 0.717) is 0 Å². The van der Waals surface area contributed by atoms with E-state index in [1.165, 1.54) is 14.0 Å². The number of hydrogen-bond acceptors (Lipinski definition) is 6. The highest BCUT2D eigenvalue weighted by Crippen LogP contribution is 2.28. The van der Waals surface area contributed by atoms with Crippen molar-refractivity contribution in [3.8, 4) is 0 Å². The summed E-state index contributed by atoms with van der Waals surface area (Å²) >= 11 is 0. The molecule has 0 saturated carbocycles. The van der Waals surface area contributed by atoms with Crippen molar-refractivity contribution < 1.29 is 28.6 Å². The van der Waals surface area contributed by atoms with E-state index in [-0.39, 0.29) is 6.42 Å². The molecule has 0 heterocycles. The zero-order valence-corrected chi connectivity index (χ0v) is 10.7. The van der Waals surface area contributed by atoms with E-state index < -0.39 is 29.4 Å². The van der Waals surface area contributed by atoms with Crippen LogP contribution in [0.3, 0.4) is 0 Å². The second-order valence-electron chi connectivity index (χ2n) is 3.68. The molecule has 0 fully saturated rings. The zero-order valence-electron chi connectivity index (χ0n) is 10.7. The molecule has 0 aliphatic heterocycles. The molecule has 2 unspecified atom stereocenters. The summed E-state index contributed by atoms with van der Waals surface area (Å²) in [6.45, 7) is 4.18. The summed E-state index contributed by atoms with van der Waals surface area (Å²) in [6.07, 6.45) is 0.283. The van der Waals surface area contributed by atoms with Crippen molar-refractivity contribution in [3.05, 3.63) is 0 Å². The van der Waals surface area contributed by atoms with Crippen LogP contribution in [0.5, 0.6) is 0 Å². The Morgan fingerprint density at radius 2 is 1.71 bits per heavy atom. The topological polar surface area (TPSA) is 78.9 Å². The van der Waals surface area contributed by atoms with Crippen LogP contribution in [-0.2, 0) is 28.6 Å². The maximum atomic E-state index is 11.7. The number of rotatable bonds is 5. The second kappa shape index (κ2) is 6.22. The van der Waals surface area contributed by atoms with E-state index in [0.717, 1.165) is 14.0 Å². The van der Waals surface area contributed by atoms with E-state index >= 15 is 0 Å². The molecule has 2 atom stereocenters. The molecule has 6 nitrogen and oxygen atoms in total. The summed E-state index contributed by atoms with van der Waals surface area (Å²) in [6, 6.07) is 0. The third-order valence-corrected chi connectivity index (χ3v) is 2.51. The number of carbonyl (C=O) groups excluding carboxylic acids is 3. The molecular weight excluding hydrogens is 228 g/mol. The molecule has 0 saturated heterocycles. The van der Waals surface area contributed by atoms with Gasteiger partial charge >= 0.3 is 17.9 Å². The van der Waals surface area contributed by atoms with E-state index in [4.69, 9.17) is 4.74 Å². The standard InChI is InChI=1S/C11H18O6/c1-6-8(9(13)15-4)11(3,10(14)16-5)17-7(2)12/h8H,6H2,1-5H3. The number of methoxy groups -OCH3 is 2. The highest BCUT2D eigenvalue weighted by atomic mass is 16.6. The monoisotopic (exact) mass is 246 g/mol. The summed E-state index contributed by atoms with van der Waals surface area (Å²) in [5.74, 6) is -2.98. The van der Waals surface area contributed by atoms with Gasteiger partial charge in [0.05, 0.1) is 14.2 Å². The summed E-state index contributed by atoms with van der Waals surface area (Å²) in [4.78, 5) is 34.3. The first-order valence-electron chi connectivity index (χ1n) is 5.19. The van der Waals surface area contributed by atoms with Gasteiger partial charge in [-0.15, -0.1) is 0 Å². The minimum atomic E-state index is -1.66. The Morgan fingerprint density at radius 3 is 2.00 bits per heavy atom. The fraction of sp³-hybridized carbons (Fsp3) is 0.727. The molecule has 0 radical (unpaired) electrons. The minimum Gasteiger partial charge on any atom is -0.469 e. The Labute approximate surface area is 100 Å². The van der Waals surface area contributed by atoms with Crippen LogP contribution in [-0.4, -0.2) is 37.7 Å². The number of ether oxygens (including phenoxy) is 3. The zero-order chi connectivity index (χ0) is 13.6. The Bertz CT molecular complexity index is 311. The van der Waals surface area contributed by atoms with Gasteiger partial charge in [-0.1, -0.05) is 6.92 Å². The van der Waals surface area contributed by atoms with Crippen LogP contribution >= 0.6 is 0 Å². The number of hydrogen-bond donors (Lipinski definition) is 0. The highest BCUT2D eigenvalue weighted by molar-refractivity contribution is 5.89. The lowest BCUT2D eigenvalue weighted by atomic mass is 9.86. The fourth-order valence-corrected chi connectivity index (χ4v) is 1.68. The van der Waals surface area contributed by atoms with Gasteiger partial charge in [0.2, 0.25) is 5.60 Å². The Hall–Kier alpha value is -1.59. The summed E-state index contributed by atoms with van der Waals surface area (Å²) in [7, 11) is 2.37. The molecule has 0 aliphatic rings. The van der Waals surface area contributed by atoms with Crippen molar-refractivity contribution in [1.82, 2.24) is 0 Å². The van der Waals surface area contributed by atoms with E-state index in [1.807, 2.05) is 0 Å². The van der Waals surface area contributed by atoms with Crippen LogP contribution in [0.25, 0.3) is 0 Å². The first-order chi connectivity index (χ1) is 7.83. The largest absolute Gasteiger partial charge is 0.469 e. The molecule has 6 heteroatoms. The molecule has 0 rings (SSSR count). The van der Waals surface area contributed by atoms with Crippen molar-refractivity contribution in [2.24, 2.45) is 5.92 Å². The van der Waals surface area contributed by atoms with Gasteiger partial charge in [-0.25, -0.2) is 4.79 Å². The SMILES string of the molecule is CCC(C(=O)OC)C(C)(OC(C)=O)C(=O)OC. The van der Waals surface area contributed by atoms with E-state index in [9.17, 15) is 14.4 Å². The first-order valence-corrected chi connectivity index (χ1v) is 5.19. The quantitative estimate of drug-likeness (QED) is 0.524. The van der Waals surface area contributed by atoms with Gasteiger partial charge in [0.1, 0.15) is 5.92 Å². The predicted octanol–water partition coefficient (Wildman–Crippen LogP) is 0.680. The first kappa shape index (κ1) is 15.4. The van der Waals surface area contributed by atoms with Gasteiger partial charge in [-0.3, -0.25) is 9.59 Å². The van der Waals surface area contributed by atoms with Crippen LogP contribution in [0, 0.1) is 5.92 Å². The maximum Gasteiger partial charge on any atom is 0.350 e. The van der Waals surface area contributed by atoms with Crippen molar-refractivity contribution in [2.45, 2.75) is 32.8 Å². The molecule has 0 amide bonds. The molecule has 98 valence electrons. The molecule has 0 aromatic carbocycles. The van der Waals surface area contributed by atoms with Gasteiger partial charge in [-0.05, 0) is 13.3 Å². The lowest BCUT2D eigenvalue weighted by Gasteiger charge is -2.31. The maximum absolute atomic E-state index is 11.7. The average Bonchev–Trinajstić information content (AvgIpc) is 2.27. The molecule has 0 spiro atoms. The molecule has 0 aromatic rings. The van der Waals surface area contributed by atoms with Crippen LogP contribution < -0.4 is 0 Å². The van der Waals surface area contributed by atoms with Gasteiger partial charge in [0.15, 0.2) is 0 Å². The van der Waals surface area contributed by atoms with Crippen molar-refractivity contribution in [2.75, 3.05) is 14.2 Å². The number of esters is 3. The van der Waals surface area contributed by atoms with Crippen LogP contribution in [0.1, 0.15) is 27.2 Å². The molecule has 17 heavy (non-hydrogen) atoms. The molecule has 0 aliphatic carbocycles. The van der Waals surface area contributed by atoms with Gasteiger partial charge in [0.25, 0.3) is 0 Å². The van der Waals surface area contributed by atoms with Crippen LogP contribution in [0.15, 0.2) is 0 Å². The summed E-state index contributed by atoms with van der Waals surface area (Å²) < 4.78 is 14.1. The molecule has 0 N–H and O–H groups in total. The van der Waals surface area contributed by atoms with Gasteiger partial charge in [-0.2, -0.15) is 0 Å². The van der Waals surface area contributed by atoms with Crippen molar-refractivity contribution >= 4 is 17.9 Å². The molecule has 0 aromatic heterocycles. The second-order valence-corrected chi connectivity index (χ2v) is 3.68. The third kappa shape index (κ3) is 3.44. The van der Waals surface area contributed by atoms with Crippen molar-refractivity contribution in [1.29, 1.82) is 0 Å². The Kier molecular flexibility index (Phi) is 5.64. The van der Waals surface area contributed by atoms with Gasteiger partial charge < -0.3 is 14.2 Å². The summed E-state index contributed by atoms with van der Waals surface area (Å²) in [5.41, 5.74) is -1.66. The predicted molar refractivity (Wildman–Crippen MR) is 58.0 cm³/mol. The number of carbonyl (C=O) groups is 3. The Morgan fingerprint density at radius 1 is 1.18 bits per heavy atom. The van der Waals surface area contributed by atoms with Crippen LogP contribution in [0.4, 0.5) is 0 Å². The average molecular weight is 246 g/mol. The summed E-state index contributed by atoms with van der Waals surface area (Å²) in [5, 5.41) is 0.